The van der Waals surface area contributed by atoms with E-state index in [9.17, 15) is 13.2 Å². The highest BCUT2D eigenvalue weighted by Crippen LogP contribution is 2.21. The van der Waals surface area contributed by atoms with Gasteiger partial charge in [-0.05, 0) is 38.5 Å². The summed E-state index contributed by atoms with van der Waals surface area (Å²) in [5.74, 6) is -1.78. The normalized spacial score (nSPS) is 12.2. The topological polar surface area (TPSA) is 86.5 Å². The van der Waals surface area contributed by atoms with E-state index < -0.39 is 27.2 Å². The molecule has 0 atom stereocenters. The van der Waals surface area contributed by atoms with Crippen molar-refractivity contribution in [2.45, 2.75) is 32.1 Å². The van der Waals surface area contributed by atoms with Crippen molar-refractivity contribution < 1.29 is 17.9 Å². The third-order valence-electron chi connectivity index (χ3n) is 2.21. The van der Waals surface area contributed by atoms with Gasteiger partial charge in [-0.2, -0.15) is 0 Å². The van der Waals surface area contributed by atoms with Gasteiger partial charge in [0.2, 0.25) is 0 Å². The van der Waals surface area contributed by atoms with Crippen LogP contribution in [0.4, 0.5) is 5.69 Å². The predicted octanol–water partition coefficient (Wildman–Crippen LogP) is 2.18. The van der Waals surface area contributed by atoms with Crippen LogP contribution in [-0.2, 0) is 25.1 Å². The second-order valence-corrected chi connectivity index (χ2v) is 7.94. The number of hydrogen-bond donors (Lipinski definition) is 1. The molecule has 0 heterocycles. The third-order valence-corrected chi connectivity index (χ3v) is 3.99. The van der Waals surface area contributed by atoms with Gasteiger partial charge in [-0.25, -0.2) is 8.42 Å². The summed E-state index contributed by atoms with van der Waals surface area (Å²) in [5.41, 5.74) is 5.67. The number of hydrogen-bond acceptors (Lipinski definition) is 5. The summed E-state index contributed by atoms with van der Waals surface area (Å²) in [6, 6.07) is 4.56. The average Bonchev–Trinajstić information content (AvgIpc) is 2.18. The van der Waals surface area contributed by atoms with E-state index in [-0.39, 0.29) is 10.8 Å². The van der Waals surface area contributed by atoms with Gasteiger partial charge in [0, 0.05) is 10.7 Å². The maximum Gasteiger partial charge on any atom is 0.321 e. The smallest absolute Gasteiger partial charge is 0.321 e. The molecular formula is C13H18ClNO4S. The molecule has 0 saturated heterocycles. The first kappa shape index (κ1) is 16.8. The lowest BCUT2D eigenvalue weighted by molar-refractivity contribution is -0.151. The van der Waals surface area contributed by atoms with Crippen LogP contribution in [0.1, 0.15) is 26.3 Å². The van der Waals surface area contributed by atoms with Crippen LogP contribution in [0.5, 0.6) is 0 Å². The molecule has 0 fully saturated rings. The summed E-state index contributed by atoms with van der Waals surface area (Å²) in [7, 11) is -3.64. The molecule has 0 radical (unpaired) electrons. The number of carbonyl (C=O) groups is 1. The van der Waals surface area contributed by atoms with Gasteiger partial charge >= 0.3 is 5.97 Å². The Morgan fingerprint density at radius 2 is 1.95 bits per heavy atom. The zero-order valence-corrected chi connectivity index (χ0v) is 13.2. The monoisotopic (exact) mass is 319 g/mol. The number of nitrogen functional groups attached to an aromatic ring is 1. The first-order chi connectivity index (χ1) is 8.98. The van der Waals surface area contributed by atoms with Crippen LogP contribution in [0.15, 0.2) is 18.2 Å². The maximum atomic E-state index is 11.9. The van der Waals surface area contributed by atoms with E-state index >= 15 is 0 Å². The standard InChI is InChI=1S/C13H18ClNO4S/c1-13(2,3)19-12(16)8-20(17,18)7-9-4-5-10(15)6-11(9)14/h4-6H,7-8,15H2,1-3H3. The number of rotatable bonds is 4. The van der Waals surface area contributed by atoms with Crippen molar-refractivity contribution in [3.8, 4) is 0 Å². The fourth-order valence-corrected chi connectivity index (χ4v) is 3.10. The van der Waals surface area contributed by atoms with Crippen molar-refractivity contribution >= 4 is 33.1 Å². The van der Waals surface area contributed by atoms with Crippen LogP contribution in [0.3, 0.4) is 0 Å². The van der Waals surface area contributed by atoms with Gasteiger partial charge in [0.15, 0.2) is 9.84 Å². The fourth-order valence-electron chi connectivity index (χ4n) is 1.52. The van der Waals surface area contributed by atoms with Gasteiger partial charge in [-0.3, -0.25) is 4.79 Å². The predicted molar refractivity (Wildman–Crippen MR) is 79.2 cm³/mol. The Labute approximate surface area is 124 Å². The molecule has 0 aliphatic heterocycles. The van der Waals surface area contributed by atoms with E-state index in [4.69, 9.17) is 22.1 Å². The average molecular weight is 320 g/mol. The number of nitrogens with two attached hydrogens (primary N) is 1. The highest BCUT2D eigenvalue weighted by Gasteiger charge is 2.23. The van der Waals surface area contributed by atoms with E-state index in [1.54, 1.807) is 26.8 Å². The Morgan fingerprint density at radius 3 is 2.45 bits per heavy atom. The molecule has 0 aliphatic rings. The number of benzene rings is 1. The first-order valence-electron chi connectivity index (χ1n) is 5.95. The number of halogens is 1. The highest BCUT2D eigenvalue weighted by molar-refractivity contribution is 7.91. The van der Waals surface area contributed by atoms with Crippen molar-refractivity contribution in [3.05, 3.63) is 28.8 Å². The largest absolute Gasteiger partial charge is 0.459 e. The molecule has 0 bridgehead atoms. The van der Waals surface area contributed by atoms with Gasteiger partial charge < -0.3 is 10.5 Å². The molecule has 1 aromatic carbocycles. The number of ether oxygens (including phenoxy) is 1. The molecule has 0 aliphatic carbocycles. The fraction of sp³-hybridized carbons (Fsp3) is 0.462. The molecule has 1 rings (SSSR count). The molecule has 0 saturated carbocycles. The van der Waals surface area contributed by atoms with Gasteiger partial charge in [0.05, 0.1) is 5.75 Å². The lowest BCUT2D eigenvalue weighted by atomic mass is 10.2. The van der Waals surface area contributed by atoms with Crippen LogP contribution in [0, 0.1) is 0 Å². The molecule has 1 aromatic rings. The Hall–Kier alpha value is -1.27. The van der Waals surface area contributed by atoms with Gasteiger partial charge in [0.25, 0.3) is 0 Å². The molecule has 0 unspecified atom stereocenters. The van der Waals surface area contributed by atoms with E-state index in [0.717, 1.165) is 0 Å². The van der Waals surface area contributed by atoms with Gasteiger partial charge in [-0.15, -0.1) is 0 Å². The Bertz CT molecular complexity index is 605. The van der Waals surface area contributed by atoms with Crippen molar-refractivity contribution in [2.75, 3.05) is 11.5 Å². The zero-order valence-electron chi connectivity index (χ0n) is 11.6. The second kappa shape index (κ2) is 6.01. The van der Waals surface area contributed by atoms with Gasteiger partial charge in [0.1, 0.15) is 11.4 Å². The van der Waals surface area contributed by atoms with E-state index in [1.165, 1.54) is 12.1 Å². The molecular weight excluding hydrogens is 302 g/mol. The minimum atomic E-state index is -3.64. The second-order valence-electron chi connectivity index (χ2n) is 5.47. The Kier molecular flexibility index (Phi) is 5.05. The van der Waals surface area contributed by atoms with Crippen molar-refractivity contribution in [1.29, 1.82) is 0 Å². The lowest BCUT2D eigenvalue weighted by Crippen LogP contribution is -2.29. The highest BCUT2D eigenvalue weighted by atomic mass is 35.5. The zero-order chi connectivity index (χ0) is 15.6. The molecule has 0 aromatic heterocycles. The maximum absolute atomic E-state index is 11.9. The summed E-state index contributed by atoms with van der Waals surface area (Å²) < 4.78 is 28.9. The molecule has 7 heteroatoms. The van der Waals surface area contributed by atoms with E-state index in [1.807, 2.05) is 0 Å². The molecule has 0 amide bonds. The minimum Gasteiger partial charge on any atom is -0.459 e. The van der Waals surface area contributed by atoms with Crippen molar-refractivity contribution in [2.24, 2.45) is 0 Å². The first-order valence-corrected chi connectivity index (χ1v) is 8.15. The number of sulfone groups is 1. The summed E-state index contributed by atoms with van der Waals surface area (Å²) in [6.07, 6.45) is 0. The summed E-state index contributed by atoms with van der Waals surface area (Å²) in [5, 5.41) is 0.262. The quantitative estimate of drug-likeness (QED) is 0.679. The molecule has 2 N–H and O–H groups in total. The van der Waals surface area contributed by atoms with Gasteiger partial charge in [-0.1, -0.05) is 17.7 Å². The summed E-state index contributed by atoms with van der Waals surface area (Å²) in [4.78, 5) is 11.5. The van der Waals surface area contributed by atoms with Crippen LogP contribution in [0.2, 0.25) is 5.02 Å². The SMILES string of the molecule is CC(C)(C)OC(=O)CS(=O)(=O)Cc1ccc(N)cc1Cl. The van der Waals surface area contributed by atoms with Crippen LogP contribution in [-0.4, -0.2) is 25.7 Å². The van der Waals surface area contributed by atoms with E-state index in [2.05, 4.69) is 0 Å². The number of esters is 1. The van der Waals surface area contributed by atoms with Crippen molar-refractivity contribution in [1.82, 2.24) is 0 Å². The van der Waals surface area contributed by atoms with Crippen LogP contribution in [0.25, 0.3) is 0 Å². The van der Waals surface area contributed by atoms with Crippen molar-refractivity contribution in [3.63, 3.8) is 0 Å². The Balaban J connectivity index is 2.78. The molecule has 112 valence electrons. The Morgan fingerprint density at radius 1 is 1.35 bits per heavy atom. The number of carbonyl (C=O) groups excluding carboxylic acids is 1. The molecule has 0 spiro atoms. The minimum absolute atomic E-state index is 0.262. The van der Waals surface area contributed by atoms with Crippen LogP contribution >= 0.6 is 11.6 Å². The number of anilines is 1. The molecule has 5 nitrogen and oxygen atoms in total. The van der Waals surface area contributed by atoms with Crippen LogP contribution < -0.4 is 5.73 Å². The molecule has 20 heavy (non-hydrogen) atoms. The third kappa shape index (κ3) is 5.79. The van der Waals surface area contributed by atoms with E-state index in [0.29, 0.717) is 11.3 Å². The lowest BCUT2D eigenvalue weighted by Gasteiger charge is -2.19. The summed E-state index contributed by atoms with van der Waals surface area (Å²) >= 11 is 5.92. The summed E-state index contributed by atoms with van der Waals surface area (Å²) in [6.45, 7) is 5.02.